The second-order valence-electron chi connectivity index (χ2n) is 4.52. The van der Waals surface area contributed by atoms with Crippen LogP contribution in [0.1, 0.15) is 12.8 Å². The highest BCUT2D eigenvalue weighted by Crippen LogP contribution is 2.27. The summed E-state index contributed by atoms with van der Waals surface area (Å²) in [6.45, 7) is 1.30. The summed E-state index contributed by atoms with van der Waals surface area (Å²) in [6.07, 6.45) is 1.60. The Morgan fingerprint density at radius 1 is 1.33 bits per heavy atom. The maximum absolute atomic E-state index is 12.3. The van der Waals surface area contributed by atoms with Crippen molar-refractivity contribution in [2.75, 3.05) is 24.7 Å². The minimum absolute atomic E-state index is 0.155. The third-order valence-corrected chi connectivity index (χ3v) is 5.55. The number of benzene rings is 1. The number of hydrogen-bond donors (Lipinski definition) is 1. The van der Waals surface area contributed by atoms with Crippen LogP contribution in [-0.2, 0) is 14.6 Å². The summed E-state index contributed by atoms with van der Waals surface area (Å²) in [6, 6.07) is 4.89. The fraction of sp³-hybridized carbons (Fsp3) is 0.500. The summed E-state index contributed by atoms with van der Waals surface area (Å²) in [4.78, 5) is 0.234. The van der Waals surface area contributed by atoms with E-state index in [0.29, 0.717) is 18.9 Å². The number of hydrogen-bond acceptors (Lipinski definition) is 4. The lowest BCUT2D eigenvalue weighted by Crippen LogP contribution is -2.24. The molecule has 6 heteroatoms. The number of sulfone groups is 1. The average molecular weight is 334 g/mol. The number of rotatable bonds is 3. The topological polar surface area (TPSA) is 69.4 Å². The van der Waals surface area contributed by atoms with Gasteiger partial charge in [0, 0.05) is 17.7 Å². The van der Waals surface area contributed by atoms with Crippen molar-refractivity contribution < 1.29 is 13.2 Å². The number of nitrogens with two attached hydrogens (primary N) is 1. The van der Waals surface area contributed by atoms with E-state index in [1.807, 2.05) is 0 Å². The van der Waals surface area contributed by atoms with Gasteiger partial charge in [0.05, 0.1) is 16.3 Å². The number of halogens is 1. The zero-order chi connectivity index (χ0) is 13.2. The second kappa shape index (κ2) is 5.59. The Hall–Kier alpha value is -0.590. The fourth-order valence-electron chi connectivity index (χ4n) is 2.12. The molecule has 1 aromatic carbocycles. The first-order chi connectivity index (χ1) is 8.49. The van der Waals surface area contributed by atoms with Gasteiger partial charge in [-0.3, -0.25) is 0 Å². The van der Waals surface area contributed by atoms with Crippen LogP contribution >= 0.6 is 15.9 Å². The first kappa shape index (κ1) is 13.8. The molecule has 18 heavy (non-hydrogen) atoms. The molecule has 1 heterocycles. The molecule has 1 aliphatic heterocycles. The molecule has 4 nitrogen and oxygen atoms in total. The summed E-state index contributed by atoms with van der Waals surface area (Å²) >= 11 is 3.27. The minimum Gasteiger partial charge on any atom is -0.398 e. The summed E-state index contributed by atoms with van der Waals surface area (Å²) < 4.78 is 30.6. The summed E-state index contributed by atoms with van der Waals surface area (Å²) in [7, 11) is -3.31. The van der Waals surface area contributed by atoms with Crippen LogP contribution in [-0.4, -0.2) is 27.4 Å². The molecule has 0 radical (unpaired) electrons. The fourth-order valence-corrected chi connectivity index (χ4v) is 4.32. The van der Waals surface area contributed by atoms with E-state index in [4.69, 9.17) is 10.5 Å². The highest BCUT2D eigenvalue weighted by molar-refractivity contribution is 9.10. The van der Waals surface area contributed by atoms with Crippen molar-refractivity contribution in [3.8, 4) is 0 Å². The largest absolute Gasteiger partial charge is 0.398 e. The maximum atomic E-state index is 12.3. The standard InChI is InChI=1S/C12H16BrNO3S/c13-10-1-2-12(11(14)7-10)18(15,16)8-9-3-5-17-6-4-9/h1-2,7,9H,3-6,8,14H2. The normalized spacial score (nSPS) is 17.8. The van der Waals surface area contributed by atoms with Crippen molar-refractivity contribution >= 4 is 31.5 Å². The lowest BCUT2D eigenvalue weighted by molar-refractivity contribution is 0.0723. The highest BCUT2D eigenvalue weighted by atomic mass is 79.9. The van der Waals surface area contributed by atoms with Gasteiger partial charge in [0.2, 0.25) is 0 Å². The molecule has 2 rings (SSSR count). The first-order valence-electron chi connectivity index (χ1n) is 5.84. The van der Waals surface area contributed by atoms with E-state index in [1.54, 1.807) is 18.2 Å². The van der Waals surface area contributed by atoms with Gasteiger partial charge in [-0.2, -0.15) is 0 Å². The number of nitrogen functional groups attached to an aromatic ring is 1. The van der Waals surface area contributed by atoms with Gasteiger partial charge in [-0.1, -0.05) is 15.9 Å². The second-order valence-corrected chi connectivity index (χ2v) is 7.44. The Labute approximate surface area is 116 Å². The van der Waals surface area contributed by atoms with Crippen LogP contribution < -0.4 is 5.73 Å². The van der Waals surface area contributed by atoms with E-state index < -0.39 is 9.84 Å². The SMILES string of the molecule is Nc1cc(Br)ccc1S(=O)(=O)CC1CCOCC1. The average Bonchev–Trinajstić information content (AvgIpc) is 2.29. The van der Waals surface area contributed by atoms with E-state index >= 15 is 0 Å². The van der Waals surface area contributed by atoms with Crippen LogP contribution in [0, 0.1) is 5.92 Å². The van der Waals surface area contributed by atoms with Crippen molar-refractivity contribution in [2.24, 2.45) is 5.92 Å². The van der Waals surface area contributed by atoms with Gasteiger partial charge in [0.15, 0.2) is 9.84 Å². The van der Waals surface area contributed by atoms with E-state index in [2.05, 4.69) is 15.9 Å². The van der Waals surface area contributed by atoms with Gasteiger partial charge in [0.1, 0.15) is 0 Å². The van der Waals surface area contributed by atoms with E-state index in [1.165, 1.54) is 0 Å². The third-order valence-electron chi connectivity index (χ3n) is 3.10. The number of ether oxygens (including phenoxy) is 1. The molecule has 0 aromatic heterocycles. The summed E-state index contributed by atoms with van der Waals surface area (Å²) in [5.41, 5.74) is 6.08. The van der Waals surface area contributed by atoms with Crippen molar-refractivity contribution in [1.29, 1.82) is 0 Å². The molecule has 0 amide bonds. The van der Waals surface area contributed by atoms with Crippen LogP contribution in [0.25, 0.3) is 0 Å². The van der Waals surface area contributed by atoms with Crippen molar-refractivity contribution in [3.05, 3.63) is 22.7 Å². The monoisotopic (exact) mass is 333 g/mol. The number of anilines is 1. The Morgan fingerprint density at radius 3 is 2.61 bits per heavy atom. The van der Waals surface area contributed by atoms with Crippen LogP contribution in [0.4, 0.5) is 5.69 Å². The molecule has 1 saturated heterocycles. The van der Waals surface area contributed by atoms with Crippen LogP contribution in [0.3, 0.4) is 0 Å². The molecular weight excluding hydrogens is 318 g/mol. The van der Waals surface area contributed by atoms with Crippen LogP contribution in [0.15, 0.2) is 27.6 Å². The Morgan fingerprint density at radius 2 is 2.00 bits per heavy atom. The zero-order valence-corrected chi connectivity index (χ0v) is 12.3. The van der Waals surface area contributed by atoms with Crippen LogP contribution in [0.5, 0.6) is 0 Å². The van der Waals surface area contributed by atoms with Gasteiger partial charge in [-0.15, -0.1) is 0 Å². The zero-order valence-electron chi connectivity index (χ0n) is 9.93. The lowest BCUT2D eigenvalue weighted by atomic mass is 10.0. The van der Waals surface area contributed by atoms with E-state index in [-0.39, 0.29) is 16.6 Å². The minimum atomic E-state index is -3.31. The molecule has 0 aliphatic carbocycles. The highest BCUT2D eigenvalue weighted by Gasteiger charge is 2.24. The van der Waals surface area contributed by atoms with Crippen molar-refractivity contribution in [3.63, 3.8) is 0 Å². The van der Waals surface area contributed by atoms with Gasteiger partial charge in [-0.25, -0.2) is 8.42 Å². The van der Waals surface area contributed by atoms with E-state index in [9.17, 15) is 8.42 Å². The van der Waals surface area contributed by atoms with Gasteiger partial charge < -0.3 is 10.5 Å². The molecule has 1 fully saturated rings. The van der Waals surface area contributed by atoms with Gasteiger partial charge >= 0.3 is 0 Å². The van der Waals surface area contributed by atoms with E-state index in [0.717, 1.165) is 17.3 Å². The Bertz CT molecular complexity index is 524. The van der Waals surface area contributed by atoms with Gasteiger partial charge in [0.25, 0.3) is 0 Å². The Kier molecular flexibility index (Phi) is 4.29. The molecule has 2 N–H and O–H groups in total. The van der Waals surface area contributed by atoms with Crippen molar-refractivity contribution in [1.82, 2.24) is 0 Å². The molecule has 0 unspecified atom stereocenters. The van der Waals surface area contributed by atoms with Crippen LogP contribution in [0.2, 0.25) is 0 Å². The molecule has 0 saturated carbocycles. The molecule has 1 aromatic rings. The molecular formula is C12H16BrNO3S. The van der Waals surface area contributed by atoms with Gasteiger partial charge in [-0.05, 0) is 37.0 Å². The predicted octanol–water partition coefficient (Wildman–Crippen LogP) is 2.23. The molecule has 0 bridgehead atoms. The molecule has 0 spiro atoms. The lowest BCUT2D eigenvalue weighted by Gasteiger charge is -2.22. The summed E-state index contributed by atoms with van der Waals surface area (Å²) in [5.74, 6) is 0.328. The molecule has 1 aliphatic rings. The smallest absolute Gasteiger partial charge is 0.180 e. The first-order valence-corrected chi connectivity index (χ1v) is 8.29. The molecule has 100 valence electrons. The third kappa shape index (κ3) is 3.24. The maximum Gasteiger partial charge on any atom is 0.180 e. The summed E-state index contributed by atoms with van der Waals surface area (Å²) in [5, 5.41) is 0. The predicted molar refractivity (Wildman–Crippen MR) is 74.2 cm³/mol. The van der Waals surface area contributed by atoms with Crippen molar-refractivity contribution in [2.45, 2.75) is 17.7 Å². The Balaban J connectivity index is 2.19. The molecule has 0 atom stereocenters. The quantitative estimate of drug-likeness (QED) is 0.861.